The summed E-state index contributed by atoms with van der Waals surface area (Å²) in [5, 5.41) is 15.2. The fraction of sp³-hybridized carbons (Fsp3) is 0.462. The van der Waals surface area contributed by atoms with E-state index < -0.39 is 12.0 Å². The molecule has 4 nitrogen and oxygen atoms in total. The van der Waals surface area contributed by atoms with E-state index >= 15 is 0 Å². The Morgan fingerprint density at radius 2 is 1.88 bits per heavy atom. The molecule has 0 aliphatic rings. The molecular weight excluding hydrogens is 216 g/mol. The van der Waals surface area contributed by atoms with Crippen molar-refractivity contribution in [3.8, 4) is 0 Å². The smallest absolute Gasteiger partial charge is 0.321 e. The van der Waals surface area contributed by atoms with Crippen LogP contribution in [0.2, 0.25) is 0 Å². The van der Waals surface area contributed by atoms with Gasteiger partial charge in [0, 0.05) is 12.7 Å². The third-order valence-corrected chi connectivity index (χ3v) is 2.44. The van der Waals surface area contributed by atoms with Crippen molar-refractivity contribution in [1.82, 2.24) is 10.6 Å². The van der Waals surface area contributed by atoms with Crippen LogP contribution >= 0.6 is 0 Å². The molecule has 0 spiro atoms. The fourth-order valence-corrected chi connectivity index (χ4v) is 1.48. The molecule has 0 bridgehead atoms. The predicted molar refractivity (Wildman–Crippen MR) is 67.8 cm³/mol. The first-order valence-corrected chi connectivity index (χ1v) is 5.83. The van der Waals surface area contributed by atoms with Crippen LogP contribution in [0.15, 0.2) is 30.3 Å². The van der Waals surface area contributed by atoms with Crippen LogP contribution in [0.4, 0.5) is 0 Å². The van der Waals surface area contributed by atoms with Gasteiger partial charge in [0.2, 0.25) is 0 Å². The normalized spacial score (nSPS) is 12.6. The SMILES string of the molecule is CC(C)NCN[C@@H](Cc1ccccc1)C(=O)O. The van der Waals surface area contributed by atoms with Crippen LogP contribution in [0.3, 0.4) is 0 Å². The Labute approximate surface area is 102 Å². The van der Waals surface area contributed by atoms with Gasteiger partial charge in [-0.2, -0.15) is 0 Å². The van der Waals surface area contributed by atoms with Crippen LogP contribution in [0.5, 0.6) is 0 Å². The topological polar surface area (TPSA) is 61.4 Å². The highest BCUT2D eigenvalue weighted by atomic mass is 16.4. The Hall–Kier alpha value is -1.39. The van der Waals surface area contributed by atoms with E-state index in [2.05, 4.69) is 10.6 Å². The first kappa shape index (κ1) is 13.7. The molecule has 1 aromatic carbocycles. The number of hydrogen-bond acceptors (Lipinski definition) is 3. The van der Waals surface area contributed by atoms with E-state index in [1.165, 1.54) is 0 Å². The van der Waals surface area contributed by atoms with Crippen LogP contribution in [-0.4, -0.2) is 29.8 Å². The molecule has 0 saturated heterocycles. The Balaban J connectivity index is 2.47. The number of carboxylic acids is 1. The Morgan fingerprint density at radius 1 is 1.24 bits per heavy atom. The largest absolute Gasteiger partial charge is 0.480 e. The highest BCUT2D eigenvalue weighted by Crippen LogP contribution is 2.03. The summed E-state index contributed by atoms with van der Waals surface area (Å²) in [6, 6.07) is 9.42. The average molecular weight is 236 g/mol. The monoisotopic (exact) mass is 236 g/mol. The first-order chi connectivity index (χ1) is 8.09. The summed E-state index contributed by atoms with van der Waals surface area (Å²) in [6.07, 6.45) is 0.496. The van der Waals surface area contributed by atoms with E-state index in [-0.39, 0.29) is 0 Å². The van der Waals surface area contributed by atoms with Crippen molar-refractivity contribution in [2.45, 2.75) is 32.4 Å². The van der Waals surface area contributed by atoms with Gasteiger partial charge in [0.25, 0.3) is 0 Å². The predicted octanol–water partition coefficient (Wildman–Crippen LogP) is 1.23. The van der Waals surface area contributed by atoms with Gasteiger partial charge in [-0.05, 0) is 25.8 Å². The van der Waals surface area contributed by atoms with E-state index in [9.17, 15) is 4.79 Å². The first-order valence-electron chi connectivity index (χ1n) is 5.83. The average Bonchev–Trinajstić information content (AvgIpc) is 2.28. The lowest BCUT2D eigenvalue weighted by molar-refractivity contribution is -0.139. The maximum absolute atomic E-state index is 11.1. The zero-order valence-corrected chi connectivity index (χ0v) is 10.3. The van der Waals surface area contributed by atoms with Gasteiger partial charge in [-0.1, -0.05) is 30.3 Å². The second-order valence-corrected chi connectivity index (χ2v) is 4.32. The Morgan fingerprint density at radius 3 is 2.41 bits per heavy atom. The third kappa shape index (κ3) is 5.47. The number of carboxylic acid groups (broad SMARTS) is 1. The summed E-state index contributed by atoms with van der Waals surface area (Å²) >= 11 is 0. The third-order valence-electron chi connectivity index (χ3n) is 2.44. The van der Waals surface area contributed by atoms with E-state index in [0.717, 1.165) is 5.56 Å². The van der Waals surface area contributed by atoms with Crippen molar-refractivity contribution >= 4 is 5.97 Å². The molecule has 3 N–H and O–H groups in total. The maximum Gasteiger partial charge on any atom is 0.321 e. The van der Waals surface area contributed by atoms with Gasteiger partial charge >= 0.3 is 5.97 Å². The highest BCUT2D eigenvalue weighted by molar-refractivity contribution is 5.73. The number of hydrogen-bond donors (Lipinski definition) is 3. The van der Waals surface area contributed by atoms with E-state index in [1.54, 1.807) is 0 Å². The molecule has 1 atom stereocenters. The lowest BCUT2D eigenvalue weighted by Crippen LogP contribution is -2.44. The Kier molecular flexibility index (Phi) is 5.66. The van der Waals surface area contributed by atoms with Gasteiger partial charge in [-0.25, -0.2) is 0 Å². The van der Waals surface area contributed by atoms with Crippen molar-refractivity contribution < 1.29 is 9.90 Å². The summed E-state index contributed by atoms with van der Waals surface area (Å²) in [4.78, 5) is 11.1. The van der Waals surface area contributed by atoms with Gasteiger partial charge in [0.15, 0.2) is 0 Å². The second kappa shape index (κ2) is 7.04. The molecule has 0 amide bonds. The number of carbonyl (C=O) groups is 1. The van der Waals surface area contributed by atoms with Gasteiger partial charge in [0.1, 0.15) is 6.04 Å². The number of rotatable bonds is 7. The van der Waals surface area contributed by atoms with Crippen LogP contribution in [0.1, 0.15) is 19.4 Å². The molecule has 0 aliphatic carbocycles. The summed E-state index contributed by atoms with van der Waals surface area (Å²) in [5.74, 6) is -0.820. The van der Waals surface area contributed by atoms with Gasteiger partial charge in [-0.15, -0.1) is 0 Å². The molecule has 0 heterocycles. The molecule has 94 valence electrons. The molecule has 1 aromatic rings. The summed E-state index contributed by atoms with van der Waals surface area (Å²) < 4.78 is 0. The zero-order chi connectivity index (χ0) is 12.7. The van der Waals surface area contributed by atoms with Gasteiger partial charge in [0.05, 0.1) is 0 Å². The van der Waals surface area contributed by atoms with Crippen molar-refractivity contribution in [3.05, 3.63) is 35.9 Å². The van der Waals surface area contributed by atoms with Crippen molar-refractivity contribution in [1.29, 1.82) is 0 Å². The van der Waals surface area contributed by atoms with Crippen LogP contribution in [-0.2, 0) is 11.2 Å². The van der Waals surface area contributed by atoms with Crippen LogP contribution in [0.25, 0.3) is 0 Å². The molecule has 0 fully saturated rings. The molecule has 4 heteroatoms. The number of benzene rings is 1. The molecule has 17 heavy (non-hydrogen) atoms. The number of nitrogens with one attached hydrogen (secondary N) is 2. The number of aliphatic carboxylic acids is 1. The van der Waals surface area contributed by atoms with E-state index in [0.29, 0.717) is 19.1 Å². The van der Waals surface area contributed by atoms with E-state index in [4.69, 9.17) is 5.11 Å². The van der Waals surface area contributed by atoms with Crippen molar-refractivity contribution in [3.63, 3.8) is 0 Å². The maximum atomic E-state index is 11.1. The highest BCUT2D eigenvalue weighted by Gasteiger charge is 2.16. The fourth-order valence-electron chi connectivity index (χ4n) is 1.48. The zero-order valence-electron chi connectivity index (χ0n) is 10.3. The van der Waals surface area contributed by atoms with E-state index in [1.807, 2.05) is 44.2 Å². The molecule has 0 aromatic heterocycles. The molecule has 0 saturated carbocycles. The second-order valence-electron chi connectivity index (χ2n) is 4.32. The van der Waals surface area contributed by atoms with Gasteiger partial charge < -0.3 is 10.4 Å². The minimum Gasteiger partial charge on any atom is -0.480 e. The summed E-state index contributed by atoms with van der Waals surface area (Å²) in [6.45, 7) is 4.55. The quantitative estimate of drug-likeness (QED) is 0.623. The lowest BCUT2D eigenvalue weighted by Gasteiger charge is -2.16. The van der Waals surface area contributed by atoms with Crippen LogP contribution < -0.4 is 10.6 Å². The van der Waals surface area contributed by atoms with Crippen molar-refractivity contribution in [2.24, 2.45) is 0 Å². The van der Waals surface area contributed by atoms with Crippen molar-refractivity contribution in [2.75, 3.05) is 6.67 Å². The van der Waals surface area contributed by atoms with Crippen LogP contribution in [0, 0.1) is 0 Å². The molecule has 0 radical (unpaired) electrons. The summed E-state index contributed by atoms with van der Waals surface area (Å²) in [7, 11) is 0. The minimum atomic E-state index is -0.820. The molecule has 0 aliphatic heterocycles. The van der Waals surface area contributed by atoms with Gasteiger partial charge in [-0.3, -0.25) is 10.1 Å². The molecular formula is C13H20N2O2. The standard InChI is InChI=1S/C13H20N2O2/c1-10(2)14-9-15-12(13(16)17)8-11-6-4-3-5-7-11/h3-7,10,12,14-15H,8-9H2,1-2H3,(H,16,17)/t12-/m0/s1. The minimum absolute atomic E-state index is 0.341. The summed E-state index contributed by atoms with van der Waals surface area (Å²) in [5.41, 5.74) is 1.02. The lowest BCUT2D eigenvalue weighted by atomic mass is 10.1. The Bertz CT molecular complexity index is 339. The molecule has 1 rings (SSSR count). The molecule has 0 unspecified atom stereocenters.